The van der Waals surface area contributed by atoms with Crippen molar-refractivity contribution in [1.82, 2.24) is 9.97 Å². The quantitative estimate of drug-likeness (QED) is 0.850. The fourth-order valence-corrected chi connectivity index (χ4v) is 1.50. The minimum atomic E-state index is 0.117. The number of methoxy groups -OCH3 is 2. The van der Waals surface area contributed by atoms with Gasteiger partial charge in [-0.15, -0.1) is 0 Å². The van der Waals surface area contributed by atoms with Crippen LogP contribution >= 0.6 is 0 Å². The molecule has 6 heteroatoms. The van der Waals surface area contributed by atoms with E-state index in [1.807, 2.05) is 19.1 Å². The Kier molecular flexibility index (Phi) is 3.70. The van der Waals surface area contributed by atoms with E-state index in [-0.39, 0.29) is 6.01 Å². The Morgan fingerprint density at radius 3 is 2.16 bits per heavy atom. The summed E-state index contributed by atoms with van der Waals surface area (Å²) < 4.78 is 15.6. The number of nitrogens with two attached hydrogens (primary N) is 1. The van der Waals surface area contributed by atoms with Gasteiger partial charge in [-0.3, -0.25) is 0 Å². The van der Waals surface area contributed by atoms with Crippen LogP contribution in [0.3, 0.4) is 0 Å². The molecule has 2 aromatic rings. The third-order valence-electron chi connectivity index (χ3n) is 2.44. The molecule has 1 aromatic carbocycles. The SMILES string of the molecule is COc1cc(OC)nc(Oc2ccc(C)cc2N)n1. The Morgan fingerprint density at radius 2 is 1.63 bits per heavy atom. The minimum absolute atomic E-state index is 0.117. The van der Waals surface area contributed by atoms with Crippen LogP contribution in [0.5, 0.6) is 23.5 Å². The average Bonchev–Trinajstić information content (AvgIpc) is 2.41. The molecular weight excluding hydrogens is 246 g/mol. The van der Waals surface area contributed by atoms with Crippen LogP contribution in [0.2, 0.25) is 0 Å². The molecule has 1 aromatic heterocycles. The van der Waals surface area contributed by atoms with Crippen LogP contribution in [0.15, 0.2) is 24.3 Å². The van der Waals surface area contributed by atoms with Crippen LogP contribution in [-0.2, 0) is 0 Å². The molecule has 0 saturated heterocycles. The van der Waals surface area contributed by atoms with Crippen molar-refractivity contribution < 1.29 is 14.2 Å². The molecule has 2 N–H and O–H groups in total. The Bertz CT molecular complexity index is 565. The van der Waals surface area contributed by atoms with Gasteiger partial charge in [0.1, 0.15) is 0 Å². The topological polar surface area (TPSA) is 79.5 Å². The zero-order valence-corrected chi connectivity index (χ0v) is 11.0. The number of hydrogen-bond acceptors (Lipinski definition) is 6. The third-order valence-corrected chi connectivity index (χ3v) is 2.44. The van der Waals surface area contributed by atoms with E-state index in [1.165, 1.54) is 14.2 Å². The van der Waals surface area contributed by atoms with Gasteiger partial charge in [-0.05, 0) is 24.6 Å². The van der Waals surface area contributed by atoms with Crippen LogP contribution in [-0.4, -0.2) is 24.2 Å². The summed E-state index contributed by atoms with van der Waals surface area (Å²) in [7, 11) is 3.01. The van der Waals surface area contributed by atoms with Crippen LogP contribution in [0.4, 0.5) is 5.69 Å². The van der Waals surface area contributed by atoms with E-state index in [0.29, 0.717) is 23.2 Å². The number of hydrogen-bond donors (Lipinski definition) is 1. The highest BCUT2D eigenvalue weighted by atomic mass is 16.5. The van der Waals surface area contributed by atoms with Gasteiger partial charge >= 0.3 is 6.01 Å². The van der Waals surface area contributed by atoms with E-state index in [4.69, 9.17) is 19.9 Å². The third kappa shape index (κ3) is 3.04. The molecule has 0 spiro atoms. The highest BCUT2D eigenvalue weighted by molar-refractivity contribution is 5.54. The molecule has 6 nitrogen and oxygen atoms in total. The van der Waals surface area contributed by atoms with Crippen molar-refractivity contribution in [3.63, 3.8) is 0 Å². The Balaban J connectivity index is 2.31. The van der Waals surface area contributed by atoms with Crippen molar-refractivity contribution >= 4 is 5.69 Å². The van der Waals surface area contributed by atoms with Crippen molar-refractivity contribution in [3.8, 4) is 23.5 Å². The molecule has 0 saturated carbocycles. The minimum Gasteiger partial charge on any atom is -0.481 e. The highest BCUT2D eigenvalue weighted by Gasteiger charge is 2.09. The van der Waals surface area contributed by atoms with Gasteiger partial charge in [-0.1, -0.05) is 6.07 Å². The van der Waals surface area contributed by atoms with E-state index >= 15 is 0 Å². The number of aryl methyl sites for hydroxylation is 1. The molecule has 19 heavy (non-hydrogen) atoms. The number of nitrogens with zero attached hydrogens (tertiary/aromatic N) is 2. The summed E-state index contributed by atoms with van der Waals surface area (Å²) in [6.45, 7) is 1.95. The Hall–Kier alpha value is -2.50. The molecule has 0 amide bonds. The first-order valence-corrected chi connectivity index (χ1v) is 5.63. The summed E-state index contributed by atoms with van der Waals surface area (Å²) in [5.41, 5.74) is 7.44. The molecule has 0 radical (unpaired) electrons. The van der Waals surface area contributed by atoms with Gasteiger partial charge in [0.25, 0.3) is 0 Å². The van der Waals surface area contributed by atoms with Crippen molar-refractivity contribution in [2.75, 3.05) is 20.0 Å². The lowest BCUT2D eigenvalue weighted by Gasteiger charge is -2.09. The molecular formula is C13H15N3O3. The lowest BCUT2D eigenvalue weighted by atomic mass is 10.2. The second-order valence-electron chi connectivity index (χ2n) is 3.88. The van der Waals surface area contributed by atoms with Gasteiger partial charge in [0.2, 0.25) is 11.8 Å². The summed E-state index contributed by atoms with van der Waals surface area (Å²) >= 11 is 0. The molecule has 2 rings (SSSR count). The fourth-order valence-electron chi connectivity index (χ4n) is 1.50. The van der Waals surface area contributed by atoms with Crippen molar-refractivity contribution in [2.24, 2.45) is 0 Å². The number of rotatable bonds is 4. The number of nitrogen functional groups attached to an aromatic ring is 1. The second-order valence-corrected chi connectivity index (χ2v) is 3.88. The number of ether oxygens (including phenoxy) is 3. The maximum absolute atomic E-state index is 5.87. The summed E-state index contributed by atoms with van der Waals surface area (Å²) in [6.07, 6.45) is 0. The average molecular weight is 261 g/mol. The van der Waals surface area contributed by atoms with E-state index < -0.39 is 0 Å². The second kappa shape index (κ2) is 5.43. The van der Waals surface area contributed by atoms with Gasteiger partial charge < -0.3 is 19.9 Å². The van der Waals surface area contributed by atoms with E-state index in [9.17, 15) is 0 Å². The molecule has 0 aliphatic rings. The first kappa shape index (κ1) is 12.9. The Morgan fingerprint density at radius 1 is 1.00 bits per heavy atom. The lowest BCUT2D eigenvalue weighted by Crippen LogP contribution is -1.99. The fraction of sp³-hybridized carbons (Fsp3) is 0.231. The predicted octanol–water partition coefficient (Wildman–Crippen LogP) is 2.18. The maximum Gasteiger partial charge on any atom is 0.328 e. The molecule has 100 valence electrons. The molecule has 0 unspecified atom stereocenters. The monoisotopic (exact) mass is 261 g/mol. The molecule has 1 heterocycles. The first-order chi connectivity index (χ1) is 9.12. The molecule has 0 aliphatic heterocycles. The summed E-state index contributed by atoms with van der Waals surface area (Å²) in [4.78, 5) is 8.14. The van der Waals surface area contributed by atoms with Crippen molar-refractivity contribution in [2.45, 2.75) is 6.92 Å². The normalized spacial score (nSPS) is 10.1. The molecule has 0 bridgehead atoms. The predicted molar refractivity (Wildman–Crippen MR) is 70.8 cm³/mol. The first-order valence-electron chi connectivity index (χ1n) is 5.63. The molecule has 0 atom stereocenters. The van der Waals surface area contributed by atoms with Crippen molar-refractivity contribution in [1.29, 1.82) is 0 Å². The van der Waals surface area contributed by atoms with Crippen LogP contribution < -0.4 is 19.9 Å². The summed E-state index contributed by atoms with van der Waals surface area (Å²) in [6, 6.07) is 7.15. The van der Waals surface area contributed by atoms with Crippen LogP contribution in [0.25, 0.3) is 0 Å². The maximum atomic E-state index is 5.87. The number of benzene rings is 1. The van der Waals surface area contributed by atoms with Crippen LogP contribution in [0, 0.1) is 6.92 Å². The van der Waals surface area contributed by atoms with Gasteiger partial charge in [-0.25, -0.2) is 0 Å². The van der Waals surface area contributed by atoms with Crippen molar-refractivity contribution in [3.05, 3.63) is 29.8 Å². The summed E-state index contributed by atoms with van der Waals surface area (Å²) in [5, 5.41) is 0. The number of anilines is 1. The molecule has 0 fully saturated rings. The van der Waals surface area contributed by atoms with E-state index in [1.54, 1.807) is 12.1 Å². The highest BCUT2D eigenvalue weighted by Crippen LogP contribution is 2.28. The van der Waals surface area contributed by atoms with E-state index in [0.717, 1.165) is 5.56 Å². The van der Waals surface area contributed by atoms with Gasteiger partial charge in [0, 0.05) is 0 Å². The van der Waals surface area contributed by atoms with Gasteiger partial charge in [0.05, 0.1) is 26.0 Å². The van der Waals surface area contributed by atoms with Gasteiger partial charge in [0.15, 0.2) is 5.75 Å². The molecule has 0 aliphatic carbocycles. The van der Waals surface area contributed by atoms with Gasteiger partial charge in [-0.2, -0.15) is 9.97 Å². The van der Waals surface area contributed by atoms with E-state index in [2.05, 4.69) is 9.97 Å². The Labute approximate surface area is 111 Å². The lowest BCUT2D eigenvalue weighted by molar-refractivity contribution is 0.348. The summed E-state index contributed by atoms with van der Waals surface area (Å²) in [5.74, 6) is 1.20. The standard InChI is InChI=1S/C13H15N3O3/c1-8-4-5-10(9(14)6-8)19-13-15-11(17-2)7-12(16-13)18-3/h4-7H,14H2,1-3H3. The zero-order valence-electron chi connectivity index (χ0n) is 11.0. The zero-order chi connectivity index (χ0) is 13.8. The largest absolute Gasteiger partial charge is 0.481 e. The number of aromatic nitrogens is 2. The van der Waals surface area contributed by atoms with Crippen LogP contribution in [0.1, 0.15) is 5.56 Å². The smallest absolute Gasteiger partial charge is 0.328 e.